The highest BCUT2D eigenvalue weighted by Crippen LogP contribution is 2.37. The van der Waals surface area contributed by atoms with E-state index in [1.54, 1.807) is 32.4 Å². The molecule has 1 N–H and O–H groups in total. The van der Waals surface area contributed by atoms with E-state index in [4.69, 9.17) is 14.2 Å². The van der Waals surface area contributed by atoms with Crippen molar-refractivity contribution in [3.05, 3.63) is 45.8 Å². The summed E-state index contributed by atoms with van der Waals surface area (Å²) >= 11 is 1.45. The molecule has 0 atom stereocenters. The van der Waals surface area contributed by atoms with Crippen molar-refractivity contribution in [3.8, 4) is 11.5 Å². The Morgan fingerprint density at radius 2 is 1.97 bits per heavy atom. The van der Waals surface area contributed by atoms with Gasteiger partial charge in [-0.25, -0.2) is 4.79 Å². The van der Waals surface area contributed by atoms with Crippen molar-refractivity contribution < 1.29 is 23.8 Å². The van der Waals surface area contributed by atoms with Gasteiger partial charge in [-0.2, -0.15) is 0 Å². The summed E-state index contributed by atoms with van der Waals surface area (Å²) in [5, 5.41) is 3.41. The van der Waals surface area contributed by atoms with E-state index in [-0.39, 0.29) is 5.91 Å². The lowest BCUT2D eigenvalue weighted by Crippen LogP contribution is -2.30. The van der Waals surface area contributed by atoms with Gasteiger partial charge in [-0.05, 0) is 48.7 Å². The van der Waals surface area contributed by atoms with E-state index in [1.165, 1.54) is 24.5 Å². The van der Waals surface area contributed by atoms with Crippen molar-refractivity contribution in [2.24, 2.45) is 0 Å². The molecule has 1 aromatic heterocycles. The molecule has 0 bridgehead atoms. The maximum absolute atomic E-state index is 12.6. The third-order valence-corrected chi connectivity index (χ3v) is 6.27. The molecule has 1 aliphatic rings. The number of hydrogen-bond acceptors (Lipinski definition) is 7. The number of esters is 1. The summed E-state index contributed by atoms with van der Waals surface area (Å²) in [7, 11) is 4.50. The molecule has 1 amide bonds. The maximum atomic E-state index is 12.6. The first-order chi connectivity index (χ1) is 15.0. The van der Waals surface area contributed by atoms with E-state index in [2.05, 4.69) is 17.1 Å². The lowest BCUT2D eigenvalue weighted by Gasteiger charge is -2.26. The van der Waals surface area contributed by atoms with Crippen molar-refractivity contribution in [1.82, 2.24) is 4.90 Å². The predicted octanol–water partition coefficient (Wildman–Crippen LogP) is 3.97. The van der Waals surface area contributed by atoms with Crippen LogP contribution in [-0.4, -0.2) is 51.2 Å². The second-order valence-corrected chi connectivity index (χ2v) is 8.27. The minimum atomic E-state index is -0.416. The summed E-state index contributed by atoms with van der Waals surface area (Å²) in [5.41, 5.74) is 2.26. The summed E-state index contributed by atoms with van der Waals surface area (Å²) in [6.45, 7) is 4.85. The van der Waals surface area contributed by atoms with Crippen LogP contribution in [-0.2, 0) is 22.5 Å². The Morgan fingerprint density at radius 3 is 2.65 bits per heavy atom. The molecule has 2 aromatic rings. The van der Waals surface area contributed by atoms with Crippen molar-refractivity contribution >= 4 is 34.3 Å². The van der Waals surface area contributed by atoms with Gasteiger partial charge in [0.2, 0.25) is 5.91 Å². The van der Waals surface area contributed by atoms with Crippen molar-refractivity contribution in [3.63, 3.8) is 0 Å². The number of nitrogens with one attached hydrogen (secondary N) is 1. The molecule has 1 aliphatic heterocycles. The van der Waals surface area contributed by atoms with E-state index in [1.807, 2.05) is 6.07 Å². The average Bonchev–Trinajstić information content (AvgIpc) is 3.13. The molecule has 0 aliphatic carbocycles. The molecule has 166 valence electrons. The number of ether oxygens (including phenoxy) is 3. The molecule has 3 rings (SSSR count). The highest BCUT2D eigenvalue weighted by molar-refractivity contribution is 7.17. The molecular formula is C23H28N2O5S. The smallest absolute Gasteiger partial charge is 0.341 e. The summed E-state index contributed by atoms with van der Waals surface area (Å²) in [6, 6.07) is 5.40. The zero-order chi connectivity index (χ0) is 22.4. The summed E-state index contributed by atoms with van der Waals surface area (Å²) < 4.78 is 15.5. The van der Waals surface area contributed by atoms with Gasteiger partial charge in [-0.1, -0.05) is 13.0 Å². The number of methoxy groups -OCH3 is 3. The largest absolute Gasteiger partial charge is 0.493 e. The van der Waals surface area contributed by atoms with Gasteiger partial charge in [0.05, 0.1) is 26.9 Å². The minimum absolute atomic E-state index is 0.316. The Morgan fingerprint density at radius 1 is 1.19 bits per heavy atom. The van der Waals surface area contributed by atoms with Crippen molar-refractivity contribution in [1.29, 1.82) is 0 Å². The van der Waals surface area contributed by atoms with Crippen LogP contribution in [0, 0.1) is 0 Å². The summed E-state index contributed by atoms with van der Waals surface area (Å²) in [6.07, 6.45) is 4.97. The Bertz CT molecular complexity index is 983. The molecular weight excluding hydrogens is 416 g/mol. The van der Waals surface area contributed by atoms with Crippen molar-refractivity contribution in [2.45, 2.75) is 26.3 Å². The average molecular weight is 445 g/mol. The number of carbonyl (C=O) groups excluding carboxylic acids is 2. The number of carbonyl (C=O) groups is 2. The van der Waals surface area contributed by atoms with Crippen LogP contribution < -0.4 is 14.8 Å². The molecule has 0 unspecified atom stereocenters. The van der Waals surface area contributed by atoms with Gasteiger partial charge in [-0.3, -0.25) is 9.69 Å². The quantitative estimate of drug-likeness (QED) is 0.490. The van der Waals surface area contributed by atoms with E-state index >= 15 is 0 Å². The van der Waals surface area contributed by atoms with Crippen LogP contribution in [0.15, 0.2) is 24.3 Å². The number of nitrogens with zero attached hydrogens (tertiary/aromatic N) is 1. The lowest BCUT2D eigenvalue weighted by molar-refractivity contribution is -0.111. The minimum Gasteiger partial charge on any atom is -0.493 e. The first kappa shape index (κ1) is 22.8. The molecule has 31 heavy (non-hydrogen) atoms. The highest BCUT2D eigenvalue weighted by Gasteiger charge is 2.28. The number of anilines is 1. The van der Waals surface area contributed by atoms with Crippen LogP contribution in [0.2, 0.25) is 0 Å². The molecule has 0 saturated carbocycles. The van der Waals surface area contributed by atoms with Crippen LogP contribution in [0.25, 0.3) is 6.08 Å². The van der Waals surface area contributed by atoms with Crippen LogP contribution >= 0.6 is 11.3 Å². The zero-order valence-corrected chi connectivity index (χ0v) is 19.1. The Hall–Kier alpha value is -2.84. The van der Waals surface area contributed by atoms with Gasteiger partial charge in [0.25, 0.3) is 0 Å². The van der Waals surface area contributed by atoms with E-state index < -0.39 is 5.97 Å². The van der Waals surface area contributed by atoms with Crippen LogP contribution in [0.3, 0.4) is 0 Å². The second-order valence-electron chi connectivity index (χ2n) is 7.16. The number of benzene rings is 1. The van der Waals surface area contributed by atoms with E-state index in [9.17, 15) is 9.59 Å². The van der Waals surface area contributed by atoms with Crippen LogP contribution in [0.1, 0.15) is 39.7 Å². The van der Waals surface area contributed by atoms with Crippen LogP contribution in [0.4, 0.5) is 5.00 Å². The molecule has 0 spiro atoms. The van der Waals surface area contributed by atoms with Gasteiger partial charge in [0, 0.05) is 24.0 Å². The van der Waals surface area contributed by atoms with E-state index in [0.717, 1.165) is 48.5 Å². The molecule has 0 saturated heterocycles. The topological polar surface area (TPSA) is 77.1 Å². The van der Waals surface area contributed by atoms with Crippen LogP contribution in [0.5, 0.6) is 11.5 Å². The number of fused-ring (bicyclic) bond motifs is 1. The fourth-order valence-electron chi connectivity index (χ4n) is 3.65. The number of rotatable bonds is 8. The summed E-state index contributed by atoms with van der Waals surface area (Å²) in [4.78, 5) is 28.5. The van der Waals surface area contributed by atoms with E-state index in [0.29, 0.717) is 22.1 Å². The second kappa shape index (κ2) is 10.5. The first-order valence-corrected chi connectivity index (χ1v) is 11.0. The van der Waals surface area contributed by atoms with Crippen molar-refractivity contribution in [2.75, 3.05) is 39.7 Å². The first-order valence-electron chi connectivity index (χ1n) is 10.2. The molecule has 7 nitrogen and oxygen atoms in total. The number of hydrogen-bond donors (Lipinski definition) is 1. The van der Waals surface area contributed by atoms with Gasteiger partial charge in [0.1, 0.15) is 5.00 Å². The zero-order valence-electron chi connectivity index (χ0n) is 18.3. The Labute approximate surface area is 186 Å². The Kier molecular flexibility index (Phi) is 7.70. The van der Waals surface area contributed by atoms with Gasteiger partial charge in [0.15, 0.2) is 11.5 Å². The lowest BCUT2D eigenvalue weighted by atomic mass is 10.0. The van der Waals surface area contributed by atoms with Gasteiger partial charge < -0.3 is 19.5 Å². The third-order valence-electron chi connectivity index (χ3n) is 5.14. The molecule has 0 radical (unpaired) electrons. The standard InChI is InChI=1S/C23H28N2O5S/c1-5-11-25-12-10-16-19(14-25)31-22(21(16)23(27)30-4)24-20(26)9-7-15-6-8-17(28-2)18(13-15)29-3/h6-9,13H,5,10-12,14H2,1-4H3,(H,24,26)/b9-7+. The third kappa shape index (κ3) is 5.26. The molecule has 0 fully saturated rings. The molecule has 8 heteroatoms. The normalized spacial score (nSPS) is 13.7. The fourth-order valence-corrected chi connectivity index (χ4v) is 4.93. The molecule has 1 aromatic carbocycles. The number of thiophene rings is 1. The fraction of sp³-hybridized carbons (Fsp3) is 0.391. The van der Waals surface area contributed by atoms with Gasteiger partial charge in [-0.15, -0.1) is 11.3 Å². The monoisotopic (exact) mass is 444 g/mol. The molecule has 2 heterocycles. The number of amides is 1. The Balaban J connectivity index is 1.79. The summed E-state index contributed by atoms with van der Waals surface area (Å²) in [5.74, 6) is 0.471. The SMILES string of the molecule is CCCN1CCc2c(sc(NC(=O)/C=C/c3ccc(OC)c(OC)c3)c2C(=O)OC)C1. The highest BCUT2D eigenvalue weighted by atomic mass is 32.1. The predicted molar refractivity (Wildman–Crippen MR) is 122 cm³/mol. The maximum Gasteiger partial charge on any atom is 0.341 e. The van der Waals surface area contributed by atoms with Gasteiger partial charge >= 0.3 is 5.97 Å².